The minimum absolute atomic E-state index is 0.400. The van der Waals surface area contributed by atoms with Gasteiger partial charge >= 0.3 is 0 Å². The standard InChI is InChI=1S/C14H19N3O2/c1-18-13-6-4-12(5-7-13)17-14(15)16-9-11-3-2-8-19-10-11/h3-7H,2,8-10H2,1H3,(H3,15,16,17). The molecule has 0 spiro atoms. The molecule has 0 atom stereocenters. The number of nitrogens with zero attached hydrogens (tertiary/aromatic N) is 1. The summed E-state index contributed by atoms with van der Waals surface area (Å²) < 4.78 is 10.4. The molecule has 0 saturated carbocycles. The highest BCUT2D eigenvalue weighted by atomic mass is 16.5. The number of hydrogen-bond donors (Lipinski definition) is 2. The van der Waals surface area contributed by atoms with E-state index in [1.165, 1.54) is 5.57 Å². The van der Waals surface area contributed by atoms with Crippen molar-refractivity contribution in [3.8, 4) is 5.75 Å². The predicted molar refractivity (Wildman–Crippen MR) is 76.6 cm³/mol. The van der Waals surface area contributed by atoms with Gasteiger partial charge in [-0.25, -0.2) is 4.99 Å². The Bertz CT molecular complexity index is 466. The van der Waals surface area contributed by atoms with Gasteiger partial charge in [0.25, 0.3) is 0 Å². The minimum Gasteiger partial charge on any atom is -0.497 e. The van der Waals surface area contributed by atoms with Crippen LogP contribution in [-0.4, -0.2) is 32.8 Å². The molecule has 3 N–H and O–H groups in total. The molecule has 0 saturated heterocycles. The number of methoxy groups -OCH3 is 1. The van der Waals surface area contributed by atoms with Crippen molar-refractivity contribution in [1.29, 1.82) is 0 Å². The van der Waals surface area contributed by atoms with Gasteiger partial charge in [0.05, 0.1) is 26.9 Å². The maximum absolute atomic E-state index is 5.83. The van der Waals surface area contributed by atoms with Crippen LogP contribution < -0.4 is 15.8 Å². The number of guanidine groups is 1. The van der Waals surface area contributed by atoms with E-state index in [1.54, 1.807) is 7.11 Å². The lowest BCUT2D eigenvalue weighted by atomic mass is 10.2. The van der Waals surface area contributed by atoms with Gasteiger partial charge in [-0.1, -0.05) is 6.08 Å². The lowest BCUT2D eigenvalue weighted by Crippen LogP contribution is -2.23. The highest BCUT2D eigenvalue weighted by Crippen LogP contribution is 2.14. The van der Waals surface area contributed by atoms with Crippen molar-refractivity contribution in [2.45, 2.75) is 6.42 Å². The van der Waals surface area contributed by atoms with Crippen molar-refractivity contribution in [3.63, 3.8) is 0 Å². The fraction of sp³-hybridized carbons (Fsp3) is 0.357. The molecule has 0 unspecified atom stereocenters. The van der Waals surface area contributed by atoms with E-state index < -0.39 is 0 Å². The van der Waals surface area contributed by atoms with Crippen molar-refractivity contribution in [1.82, 2.24) is 0 Å². The van der Waals surface area contributed by atoms with Gasteiger partial charge in [0.1, 0.15) is 5.75 Å². The van der Waals surface area contributed by atoms with E-state index in [9.17, 15) is 0 Å². The first-order chi connectivity index (χ1) is 9.28. The zero-order chi connectivity index (χ0) is 13.5. The summed E-state index contributed by atoms with van der Waals surface area (Å²) in [4.78, 5) is 4.29. The Kier molecular flexibility index (Phi) is 4.80. The molecule has 1 aromatic carbocycles. The third-order valence-electron chi connectivity index (χ3n) is 2.80. The summed E-state index contributed by atoms with van der Waals surface area (Å²) >= 11 is 0. The lowest BCUT2D eigenvalue weighted by Gasteiger charge is -2.12. The van der Waals surface area contributed by atoms with Crippen LogP contribution in [0, 0.1) is 0 Å². The number of hydrogen-bond acceptors (Lipinski definition) is 3. The number of nitrogens with one attached hydrogen (secondary N) is 1. The summed E-state index contributed by atoms with van der Waals surface area (Å²) in [6, 6.07) is 7.52. The van der Waals surface area contributed by atoms with Crippen LogP contribution in [0.15, 0.2) is 40.9 Å². The van der Waals surface area contributed by atoms with Crippen LogP contribution in [0.25, 0.3) is 0 Å². The first kappa shape index (κ1) is 13.4. The maximum atomic E-state index is 5.83. The van der Waals surface area contributed by atoms with E-state index in [0.717, 1.165) is 24.5 Å². The molecule has 0 radical (unpaired) electrons. The van der Waals surface area contributed by atoms with Gasteiger partial charge in [-0.15, -0.1) is 0 Å². The molecule has 2 rings (SSSR count). The van der Waals surface area contributed by atoms with Gasteiger partial charge < -0.3 is 20.5 Å². The van der Waals surface area contributed by atoms with Crippen molar-refractivity contribution >= 4 is 11.6 Å². The molecule has 0 amide bonds. The van der Waals surface area contributed by atoms with Gasteiger partial charge in [0.2, 0.25) is 0 Å². The molecule has 0 aromatic heterocycles. The largest absolute Gasteiger partial charge is 0.497 e. The zero-order valence-corrected chi connectivity index (χ0v) is 11.1. The Morgan fingerprint density at radius 1 is 1.42 bits per heavy atom. The van der Waals surface area contributed by atoms with Crippen molar-refractivity contribution < 1.29 is 9.47 Å². The zero-order valence-electron chi connectivity index (χ0n) is 11.1. The third-order valence-corrected chi connectivity index (χ3v) is 2.80. The smallest absolute Gasteiger partial charge is 0.193 e. The summed E-state index contributed by atoms with van der Waals surface area (Å²) in [5.74, 6) is 1.21. The first-order valence-corrected chi connectivity index (χ1v) is 6.24. The van der Waals surface area contributed by atoms with Crippen LogP contribution in [0.3, 0.4) is 0 Å². The maximum Gasteiger partial charge on any atom is 0.193 e. The normalized spacial score (nSPS) is 15.8. The summed E-state index contributed by atoms with van der Waals surface area (Å²) in [6.45, 7) is 2.03. The number of rotatable bonds is 4. The Labute approximate surface area is 113 Å². The highest BCUT2D eigenvalue weighted by Gasteiger charge is 2.03. The van der Waals surface area contributed by atoms with E-state index in [0.29, 0.717) is 19.1 Å². The quantitative estimate of drug-likeness (QED) is 0.492. The lowest BCUT2D eigenvalue weighted by molar-refractivity contribution is 0.150. The summed E-state index contributed by atoms with van der Waals surface area (Å²) in [5, 5.41) is 3.04. The van der Waals surface area contributed by atoms with Crippen molar-refractivity contribution in [2.75, 3.05) is 32.2 Å². The van der Waals surface area contributed by atoms with Crippen LogP contribution in [0.2, 0.25) is 0 Å². The van der Waals surface area contributed by atoms with Crippen LogP contribution >= 0.6 is 0 Å². The summed E-state index contributed by atoms with van der Waals surface area (Å²) in [7, 11) is 1.64. The fourth-order valence-electron chi connectivity index (χ4n) is 1.77. The summed E-state index contributed by atoms with van der Waals surface area (Å²) in [5.41, 5.74) is 7.89. The summed E-state index contributed by atoms with van der Waals surface area (Å²) in [6.07, 6.45) is 3.12. The topological polar surface area (TPSA) is 68.9 Å². The number of anilines is 1. The highest BCUT2D eigenvalue weighted by molar-refractivity contribution is 5.92. The molecule has 1 aliphatic heterocycles. The van der Waals surface area contributed by atoms with Crippen LogP contribution in [0.4, 0.5) is 5.69 Å². The molecule has 1 aromatic rings. The van der Waals surface area contributed by atoms with Crippen LogP contribution in [0.5, 0.6) is 5.75 Å². The molecule has 0 fully saturated rings. The van der Waals surface area contributed by atoms with E-state index in [1.807, 2.05) is 24.3 Å². The van der Waals surface area contributed by atoms with Crippen molar-refractivity contribution in [2.24, 2.45) is 10.7 Å². The van der Waals surface area contributed by atoms with Gasteiger partial charge in [-0.3, -0.25) is 0 Å². The Balaban J connectivity index is 1.88. The molecular weight excluding hydrogens is 242 g/mol. The number of ether oxygens (including phenoxy) is 2. The van der Waals surface area contributed by atoms with E-state index >= 15 is 0 Å². The molecule has 5 heteroatoms. The number of aliphatic imine (C=N–C) groups is 1. The van der Waals surface area contributed by atoms with Crippen LogP contribution in [-0.2, 0) is 4.74 Å². The van der Waals surface area contributed by atoms with Crippen molar-refractivity contribution in [3.05, 3.63) is 35.9 Å². The monoisotopic (exact) mass is 261 g/mol. The molecule has 0 aliphatic carbocycles. The SMILES string of the molecule is COc1ccc(NC(N)=NCC2=CCCOC2)cc1. The molecule has 5 nitrogen and oxygen atoms in total. The second kappa shape index (κ2) is 6.80. The van der Waals surface area contributed by atoms with Crippen LogP contribution in [0.1, 0.15) is 6.42 Å². The minimum atomic E-state index is 0.400. The molecule has 102 valence electrons. The van der Waals surface area contributed by atoms with Gasteiger partial charge in [-0.05, 0) is 36.3 Å². The number of benzene rings is 1. The average molecular weight is 261 g/mol. The number of nitrogens with two attached hydrogens (primary N) is 1. The van der Waals surface area contributed by atoms with Gasteiger partial charge in [0, 0.05) is 5.69 Å². The Morgan fingerprint density at radius 3 is 2.84 bits per heavy atom. The second-order valence-corrected chi connectivity index (χ2v) is 4.26. The molecular formula is C14H19N3O2. The molecule has 1 aliphatic rings. The fourth-order valence-corrected chi connectivity index (χ4v) is 1.77. The first-order valence-electron chi connectivity index (χ1n) is 6.24. The van der Waals surface area contributed by atoms with E-state index in [2.05, 4.69) is 16.4 Å². The van der Waals surface area contributed by atoms with Gasteiger partial charge in [0.15, 0.2) is 5.96 Å². The second-order valence-electron chi connectivity index (χ2n) is 4.26. The average Bonchev–Trinajstić information content (AvgIpc) is 2.47. The Morgan fingerprint density at radius 2 is 2.21 bits per heavy atom. The van der Waals surface area contributed by atoms with Gasteiger partial charge in [-0.2, -0.15) is 0 Å². The molecule has 0 bridgehead atoms. The van der Waals surface area contributed by atoms with E-state index in [4.69, 9.17) is 15.2 Å². The third kappa shape index (κ3) is 4.30. The predicted octanol–water partition coefficient (Wildman–Crippen LogP) is 1.77. The van der Waals surface area contributed by atoms with E-state index in [-0.39, 0.29) is 0 Å². The molecule has 1 heterocycles. The molecule has 19 heavy (non-hydrogen) atoms. The Hall–Kier alpha value is -2.01.